The van der Waals surface area contributed by atoms with Crippen LogP contribution in [0.15, 0.2) is 10.2 Å². The normalized spacial score (nSPS) is 16.6. The molecule has 0 spiro atoms. The summed E-state index contributed by atoms with van der Waals surface area (Å²) >= 11 is 0. The minimum absolute atomic E-state index is 0.697. The van der Waals surface area contributed by atoms with Gasteiger partial charge in [-0.2, -0.15) is 10.2 Å². The highest BCUT2D eigenvalue weighted by atomic mass is 16.4. The molecule has 0 aromatic heterocycles. The van der Waals surface area contributed by atoms with Gasteiger partial charge in [-0.05, 0) is 41.5 Å². The van der Waals surface area contributed by atoms with Crippen molar-refractivity contribution >= 4 is 11.9 Å². The van der Waals surface area contributed by atoms with E-state index in [1.807, 2.05) is 0 Å². The number of rotatable bonds is 6. The number of hydrogen-bond acceptors (Lipinski definition) is 4. The van der Waals surface area contributed by atoms with E-state index < -0.39 is 34.9 Å². The molecular weight excluding hydrogens is 236 g/mol. The van der Waals surface area contributed by atoms with Crippen LogP contribution in [0.4, 0.5) is 0 Å². The van der Waals surface area contributed by atoms with Gasteiger partial charge in [-0.15, -0.1) is 0 Å². The van der Waals surface area contributed by atoms with E-state index in [2.05, 4.69) is 10.2 Å². The molecule has 0 heterocycles. The van der Waals surface area contributed by atoms with Gasteiger partial charge >= 0.3 is 11.9 Å². The molecule has 0 rings (SSSR count). The van der Waals surface area contributed by atoms with Gasteiger partial charge < -0.3 is 10.2 Å². The lowest BCUT2D eigenvalue weighted by Crippen LogP contribution is -2.36. The molecule has 0 aromatic rings. The minimum Gasteiger partial charge on any atom is -0.481 e. The van der Waals surface area contributed by atoms with E-state index in [1.165, 1.54) is 0 Å². The quantitative estimate of drug-likeness (QED) is 0.714. The summed E-state index contributed by atoms with van der Waals surface area (Å²) < 4.78 is 0. The number of carboxylic acids is 2. The van der Waals surface area contributed by atoms with Crippen molar-refractivity contribution in [2.75, 3.05) is 0 Å². The summed E-state index contributed by atoms with van der Waals surface area (Å²) in [4.78, 5) is 21.8. The van der Waals surface area contributed by atoms with Crippen LogP contribution < -0.4 is 0 Å². The average Bonchev–Trinajstić information content (AvgIpc) is 2.24. The molecule has 0 radical (unpaired) electrons. The van der Waals surface area contributed by atoms with Crippen molar-refractivity contribution < 1.29 is 19.8 Å². The van der Waals surface area contributed by atoms with Crippen LogP contribution in [0.3, 0.4) is 0 Å². The number of aliphatic carboxylic acids is 2. The lowest BCUT2D eigenvalue weighted by Gasteiger charge is -2.27. The van der Waals surface area contributed by atoms with Crippen molar-refractivity contribution in [2.24, 2.45) is 22.1 Å². The summed E-state index contributed by atoms with van der Waals surface area (Å²) in [5, 5.41) is 26.0. The summed E-state index contributed by atoms with van der Waals surface area (Å²) in [5.74, 6) is -3.31. The lowest BCUT2D eigenvalue weighted by atomic mass is 9.89. The van der Waals surface area contributed by atoms with E-state index >= 15 is 0 Å². The molecule has 0 aliphatic rings. The highest BCUT2D eigenvalue weighted by Crippen LogP contribution is 2.27. The maximum atomic E-state index is 10.9. The first-order valence-corrected chi connectivity index (χ1v) is 5.81. The van der Waals surface area contributed by atoms with Crippen molar-refractivity contribution in [2.45, 2.75) is 52.6 Å². The second-order valence-electron chi connectivity index (χ2n) is 5.63. The van der Waals surface area contributed by atoms with E-state index in [0.717, 1.165) is 0 Å². The number of carbonyl (C=O) groups is 2. The van der Waals surface area contributed by atoms with Gasteiger partial charge in [0.2, 0.25) is 0 Å². The summed E-state index contributed by atoms with van der Waals surface area (Å²) in [6, 6.07) is 0. The first-order valence-electron chi connectivity index (χ1n) is 5.81. The topological polar surface area (TPSA) is 99.3 Å². The van der Waals surface area contributed by atoms with Gasteiger partial charge in [0.05, 0.1) is 22.9 Å². The van der Waals surface area contributed by atoms with Gasteiger partial charge in [-0.3, -0.25) is 9.59 Å². The monoisotopic (exact) mass is 258 g/mol. The van der Waals surface area contributed by atoms with Crippen molar-refractivity contribution in [1.29, 1.82) is 0 Å². The Labute approximate surface area is 107 Å². The fourth-order valence-corrected chi connectivity index (χ4v) is 1.04. The third kappa shape index (κ3) is 4.09. The van der Waals surface area contributed by atoms with Gasteiger partial charge in [0.25, 0.3) is 0 Å². The van der Waals surface area contributed by atoms with E-state index in [-0.39, 0.29) is 0 Å². The maximum Gasteiger partial charge on any atom is 0.308 e. The summed E-state index contributed by atoms with van der Waals surface area (Å²) in [6.45, 7) is 9.76. The van der Waals surface area contributed by atoms with Crippen molar-refractivity contribution in [1.82, 2.24) is 0 Å². The molecule has 0 bridgehead atoms. The molecule has 2 atom stereocenters. The zero-order valence-corrected chi connectivity index (χ0v) is 11.8. The molecule has 0 aliphatic heterocycles. The molecule has 0 aliphatic carbocycles. The zero-order valence-electron chi connectivity index (χ0n) is 11.8. The van der Waals surface area contributed by atoms with E-state index in [9.17, 15) is 9.59 Å². The summed E-state index contributed by atoms with van der Waals surface area (Å²) in [7, 11) is 0. The molecule has 0 aromatic carbocycles. The number of carboxylic acid groups (broad SMARTS) is 2. The molecule has 2 N–H and O–H groups in total. The zero-order chi connectivity index (χ0) is 14.7. The number of azo groups is 1. The molecule has 18 heavy (non-hydrogen) atoms. The highest BCUT2D eigenvalue weighted by molar-refractivity contribution is 5.71. The Balaban J connectivity index is 5.03. The smallest absolute Gasteiger partial charge is 0.308 e. The SMILES string of the molecule is CC(C(=O)O)C(C)(C)N=NC(C)(C)C(C)C(=O)O. The van der Waals surface area contributed by atoms with Crippen LogP contribution >= 0.6 is 0 Å². The second kappa shape index (κ2) is 5.46. The number of hydrogen-bond donors (Lipinski definition) is 2. The first-order chi connectivity index (χ1) is 7.92. The van der Waals surface area contributed by atoms with Gasteiger partial charge in [0.1, 0.15) is 0 Å². The van der Waals surface area contributed by atoms with Gasteiger partial charge in [-0.1, -0.05) is 0 Å². The molecule has 104 valence electrons. The molecule has 2 unspecified atom stereocenters. The standard InChI is InChI=1S/C12H22N2O4/c1-7(9(15)16)11(3,4)13-14-12(5,6)8(2)10(17)18/h7-8H,1-6H3,(H,15,16)(H,17,18). The van der Waals surface area contributed by atoms with Crippen molar-refractivity contribution in [3.05, 3.63) is 0 Å². The summed E-state index contributed by atoms with van der Waals surface area (Å²) in [6.07, 6.45) is 0. The van der Waals surface area contributed by atoms with Crippen LogP contribution in [-0.4, -0.2) is 33.2 Å². The molecular formula is C12H22N2O4. The molecule has 0 saturated carbocycles. The van der Waals surface area contributed by atoms with Crippen molar-refractivity contribution in [3.63, 3.8) is 0 Å². The van der Waals surface area contributed by atoms with Crippen LogP contribution in [-0.2, 0) is 9.59 Å². The molecule has 0 amide bonds. The van der Waals surface area contributed by atoms with Crippen LogP contribution in [0.5, 0.6) is 0 Å². The lowest BCUT2D eigenvalue weighted by molar-refractivity contribution is -0.144. The Bertz CT molecular complexity index is 327. The largest absolute Gasteiger partial charge is 0.481 e. The van der Waals surface area contributed by atoms with Crippen LogP contribution in [0.2, 0.25) is 0 Å². The second-order valence-corrected chi connectivity index (χ2v) is 5.63. The average molecular weight is 258 g/mol. The Morgan fingerprint density at radius 2 is 1.06 bits per heavy atom. The van der Waals surface area contributed by atoms with Crippen molar-refractivity contribution in [3.8, 4) is 0 Å². The Hall–Kier alpha value is -1.46. The minimum atomic E-state index is -0.956. The maximum absolute atomic E-state index is 10.9. The first kappa shape index (κ1) is 16.5. The predicted molar refractivity (Wildman–Crippen MR) is 66.6 cm³/mol. The van der Waals surface area contributed by atoms with Gasteiger partial charge in [0.15, 0.2) is 0 Å². The Kier molecular flexibility index (Phi) is 5.01. The molecule has 0 fully saturated rings. The molecule has 6 heteroatoms. The van der Waals surface area contributed by atoms with Crippen LogP contribution in [0.1, 0.15) is 41.5 Å². The third-order valence-electron chi connectivity index (χ3n) is 3.43. The Morgan fingerprint density at radius 1 is 0.833 bits per heavy atom. The van der Waals surface area contributed by atoms with Gasteiger partial charge in [-0.25, -0.2) is 0 Å². The van der Waals surface area contributed by atoms with E-state index in [1.54, 1.807) is 41.5 Å². The third-order valence-corrected chi connectivity index (χ3v) is 3.43. The molecule has 6 nitrogen and oxygen atoms in total. The van der Waals surface area contributed by atoms with Crippen LogP contribution in [0, 0.1) is 11.8 Å². The van der Waals surface area contributed by atoms with Crippen LogP contribution in [0.25, 0.3) is 0 Å². The molecule has 0 saturated heterocycles. The summed E-state index contributed by atoms with van der Waals surface area (Å²) in [5.41, 5.74) is -1.75. The fraction of sp³-hybridized carbons (Fsp3) is 0.833. The van der Waals surface area contributed by atoms with E-state index in [0.29, 0.717) is 0 Å². The Morgan fingerprint density at radius 3 is 1.22 bits per heavy atom. The van der Waals surface area contributed by atoms with Gasteiger partial charge in [0, 0.05) is 0 Å². The predicted octanol–water partition coefficient (Wildman–Crippen LogP) is 2.44. The fourth-order valence-electron chi connectivity index (χ4n) is 1.04. The highest BCUT2D eigenvalue weighted by Gasteiger charge is 2.35. The van der Waals surface area contributed by atoms with E-state index in [4.69, 9.17) is 10.2 Å². The number of nitrogens with zero attached hydrogens (tertiary/aromatic N) is 2.